The van der Waals surface area contributed by atoms with Crippen molar-refractivity contribution < 1.29 is 13.9 Å². The first-order chi connectivity index (χ1) is 15.2. The monoisotopic (exact) mass is 421 g/mol. The molecular formula is C25H31N3O3. The molecule has 0 unspecified atom stereocenters. The highest BCUT2D eigenvalue weighted by atomic mass is 16.5. The maximum atomic E-state index is 6.05. The average molecular weight is 422 g/mol. The van der Waals surface area contributed by atoms with Crippen molar-refractivity contribution in [2.24, 2.45) is 4.99 Å². The first-order valence-electron chi connectivity index (χ1n) is 10.9. The van der Waals surface area contributed by atoms with Crippen molar-refractivity contribution in [2.45, 2.75) is 45.6 Å². The van der Waals surface area contributed by atoms with Crippen LogP contribution in [0.25, 0.3) is 11.0 Å². The number of benzene rings is 2. The predicted molar refractivity (Wildman–Crippen MR) is 123 cm³/mol. The van der Waals surface area contributed by atoms with Gasteiger partial charge in [-0.1, -0.05) is 42.5 Å². The largest absolute Gasteiger partial charge is 0.459 e. The summed E-state index contributed by atoms with van der Waals surface area (Å²) in [5, 5.41) is 7.89. The number of guanidine groups is 1. The van der Waals surface area contributed by atoms with E-state index < -0.39 is 0 Å². The molecule has 164 valence electrons. The van der Waals surface area contributed by atoms with Crippen LogP contribution in [0, 0.1) is 6.92 Å². The van der Waals surface area contributed by atoms with Crippen molar-refractivity contribution in [3.05, 3.63) is 71.0 Å². The minimum Gasteiger partial charge on any atom is -0.459 e. The molecule has 0 atom stereocenters. The van der Waals surface area contributed by atoms with Gasteiger partial charge in [0.25, 0.3) is 0 Å². The van der Waals surface area contributed by atoms with E-state index in [9.17, 15) is 0 Å². The molecule has 1 saturated heterocycles. The molecule has 2 aromatic carbocycles. The first-order valence-corrected chi connectivity index (χ1v) is 10.9. The normalized spacial score (nSPS) is 15.4. The number of aliphatic imine (C=N–C) groups is 1. The topological polar surface area (TPSA) is 68.0 Å². The van der Waals surface area contributed by atoms with E-state index in [1.54, 1.807) is 7.05 Å². The lowest BCUT2D eigenvalue weighted by atomic mass is 10.1. The van der Waals surface area contributed by atoms with Crippen LogP contribution < -0.4 is 10.6 Å². The Kier molecular flexibility index (Phi) is 7.22. The smallest absolute Gasteiger partial charge is 0.191 e. The van der Waals surface area contributed by atoms with Crippen LogP contribution in [0.5, 0.6) is 0 Å². The standard InChI is InChI=1S/C25H31N3O3/c1-18-22-8-3-4-9-23(22)31-24(18)16-28-25(26-2)27-15-19-6-5-7-20(14-19)17-30-21-10-12-29-13-11-21/h3-9,14,21H,10-13,15-17H2,1-2H3,(H2,26,27,28). The van der Waals surface area contributed by atoms with Crippen molar-refractivity contribution in [1.82, 2.24) is 10.6 Å². The number of para-hydroxylation sites is 1. The summed E-state index contributed by atoms with van der Waals surface area (Å²) in [4.78, 5) is 4.34. The number of rotatable bonds is 7. The van der Waals surface area contributed by atoms with E-state index in [0.29, 0.717) is 25.8 Å². The summed E-state index contributed by atoms with van der Waals surface area (Å²) in [5.41, 5.74) is 4.46. The third kappa shape index (κ3) is 5.66. The number of furan rings is 1. The van der Waals surface area contributed by atoms with Gasteiger partial charge in [-0.2, -0.15) is 0 Å². The number of fused-ring (bicyclic) bond motifs is 1. The summed E-state index contributed by atoms with van der Waals surface area (Å²) in [6, 6.07) is 16.6. The summed E-state index contributed by atoms with van der Waals surface area (Å²) in [6.45, 7) is 5.59. The molecule has 0 amide bonds. The van der Waals surface area contributed by atoms with Crippen LogP contribution >= 0.6 is 0 Å². The molecule has 6 nitrogen and oxygen atoms in total. The van der Waals surface area contributed by atoms with Gasteiger partial charge in [0.1, 0.15) is 11.3 Å². The van der Waals surface area contributed by atoms with E-state index in [-0.39, 0.29) is 0 Å². The lowest BCUT2D eigenvalue weighted by molar-refractivity contribution is -0.0390. The lowest BCUT2D eigenvalue weighted by Crippen LogP contribution is -2.36. The Morgan fingerprint density at radius 3 is 2.61 bits per heavy atom. The van der Waals surface area contributed by atoms with E-state index >= 15 is 0 Å². The van der Waals surface area contributed by atoms with Crippen LogP contribution in [0.4, 0.5) is 0 Å². The van der Waals surface area contributed by atoms with E-state index in [0.717, 1.165) is 54.3 Å². The summed E-state index contributed by atoms with van der Waals surface area (Å²) in [6.07, 6.45) is 2.27. The highest BCUT2D eigenvalue weighted by Crippen LogP contribution is 2.24. The van der Waals surface area contributed by atoms with Crippen LogP contribution in [0.1, 0.15) is 35.3 Å². The van der Waals surface area contributed by atoms with Gasteiger partial charge in [-0.15, -0.1) is 0 Å². The van der Waals surface area contributed by atoms with Crippen LogP contribution in [0.3, 0.4) is 0 Å². The summed E-state index contributed by atoms with van der Waals surface area (Å²) >= 11 is 0. The van der Waals surface area contributed by atoms with Crippen LogP contribution in [0.15, 0.2) is 57.9 Å². The lowest BCUT2D eigenvalue weighted by Gasteiger charge is -2.22. The molecule has 2 N–H and O–H groups in total. The second kappa shape index (κ2) is 10.5. The Morgan fingerprint density at radius 2 is 1.81 bits per heavy atom. The van der Waals surface area contributed by atoms with Gasteiger partial charge < -0.3 is 24.5 Å². The fraction of sp³-hybridized carbons (Fsp3) is 0.400. The van der Waals surface area contributed by atoms with Crippen molar-refractivity contribution in [2.75, 3.05) is 20.3 Å². The van der Waals surface area contributed by atoms with E-state index in [2.05, 4.69) is 52.9 Å². The zero-order valence-electron chi connectivity index (χ0n) is 18.3. The minimum atomic E-state index is 0.306. The fourth-order valence-corrected chi connectivity index (χ4v) is 3.85. The number of nitrogens with one attached hydrogen (secondary N) is 2. The van der Waals surface area contributed by atoms with E-state index in [1.807, 2.05) is 18.2 Å². The Hall–Kier alpha value is -2.83. The van der Waals surface area contributed by atoms with Gasteiger partial charge in [-0.3, -0.25) is 4.99 Å². The zero-order valence-corrected chi connectivity index (χ0v) is 18.3. The quantitative estimate of drug-likeness (QED) is 0.440. The summed E-state index contributed by atoms with van der Waals surface area (Å²) in [7, 11) is 1.78. The second-order valence-electron chi connectivity index (χ2n) is 7.87. The molecular weight excluding hydrogens is 390 g/mol. The highest BCUT2D eigenvalue weighted by molar-refractivity contribution is 5.82. The molecule has 4 rings (SSSR count). The molecule has 3 aromatic rings. The van der Waals surface area contributed by atoms with Gasteiger partial charge in [-0.25, -0.2) is 0 Å². The molecule has 0 saturated carbocycles. The first kappa shape index (κ1) is 21.4. The molecule has 31 heavy (non-hydrogen) atoms. The Balaban J connectivity index is 1.28. The number of aryl methyl sites for hydroxylation is 1. The van der Waals surface area contributed by atoms with Gasteiger partial charge in [0.15, 0.2) is 5.96 Å². The second-order valence-corrected chi connectivity index (χ2v) is 7.87. The molecule has 6 heteroatoms. The van der Waals surface area contributed by atoms with Gasteiger partial charge in [0.2, 0.25) is 0 Å². The third-order valence-electron chi connectivity index (χ3n) is 5.69. The van der Waals surface area contributed by atoms with Crippen LogP contribution in [-0.2, 0) is 29.2 Å². The van der Waals surface area contributed by atoms with Crippen molar-refractivity contribution in [3.63, 3.8) is 0 Å². The highest BCUT2D eigenvalue weighted by Gasteiger charge is 2.14. The zero-order chi connectivity index (χ0) is 21.5. The van der Waals surface area contributed by atoms with Crippen LogP contribution in [0.2, 0.25) is 0 Å². The molecule has 0 spiro atoms. The van der Waals surface area contributed by atoms with Gasteiger partial charge in [0, 0.05) is 37.8 Å². The SMILES string of the molecule is CN=C(NCc1cccc(COC2CCOCC2)c1)NCc1oc2ccccc2c1C. The third-order valence-corrected chi connectivity index (χ3v) is 5.69. The predicted octanol–water partition coefficient (Wildman–Crippen LogP) is 4.30. The molecule has 1 aliphatic rings. The fourth-order valence-electron chi connectivity index (χ4n) is 3.85. The number of ether oxygens (including phenoxy) is 2. The summed E-state index contributed by atoms with van der Waals surface area (Å²) in [5.74, 6) is 1.67. The summed E-state index contributed by atoms with van der Waals surface area (Å²) < 4.78 is 17.4. The van der Waals surface area contributed by atoms with Crippen molar-refractivity contribution in [1.29, 1.82) is 0 Å². The maximum Gasteiger partial charge on any atom is 0.191 e. The maximum absolute atomic E-state index is 6.05. The van der Waals surface area contributed by atoms with Gasteiger partial charge >= 0.3 is 0 Å². The van der Waals surface area contributed by atoms with Crippen molar-refractivity contribution in [3.8, 4) is 0 Å². The number of hydrogen-bond donors (Lipinski definition) is 2. The van der Waals surface area contributed by atoms with Gasteiger partial charge in [0.05, 0.1) is 19.3 Å². The molecule has 0 radical (unpaired) electrons. The number of nitrogens with zero attached hydrogens (tertiary/aromatic N) is 1. The van der Waals surface area contributed by atoms with E-state index in [1.165, 1.54) is 11.1 Å². The van der Waals surface area contributed by atoms with Crippen LogP contribution in [-0.4, -0.2) is 32.3 Å². The van der Waals surface area contributed by atoms with Gasteiger partial charge in [-0.05, 0) is 37.0 Å². The van der Waals surface area contributed by atoms with E-state index in [4.69, 9.17) is 13.9 Å². The Morgan fingerprint density at radius 1 is 1.03 bits per heavy atom. The molecule has 1 fully saturated rings. The molecule has 2 heterocycles. The average Bonchev–Trinajstić information content (AvgIpc) is 3.14. The Bertz CT molecular complexity index is 1020. The molecule has 1 aromatic heterocycles. The Labute approximate surface area is 183 Å². The minimum absolute atomic E-state index is 0.306. The molecule has 1 aliphatic heterocycles. The molecule has 0 bridgehead atoms. The number of hydrogen-bond acceptors (Lipinski definition) is 4. The van der Waals surface area contributed by atoms with Crippen molar-refractivity contribution >= 4 is 16.9 Å². The molecule has 0 aliphatic carbocycles.